The molecule has 2 aromatic rings. The number of carbonyl (C=O) groups excluding carboxylic acids is 1. The quantitative estimate of drug-likeness (QED) is 0.850. The summed E-state index contributed by atoms with van der Waals surface area (Å²) in [6.07, 6.45) is 1.93. The highest BCUT2D eigenvalue weighted by molar-refractivity contribution is 6.31. The second-order valence-electron chi connectivity index (χ2n) is 4.63. The van der Waals surface area contributed by atoms with Gasteiger partial charge in [-0.1, -0.05) is 18.5 Å². The van der Waals surface area contributed by atoms with Gasteiger partial charge in [0.15, 0.2) is 5.78 Å². The van der Waals surface area contributed by atoms with Crippen LogP contribution in [0.25, 0.3) is 10.9 Å². The Bertz CT molecular complexity index is 603. The maximum Gasteiger partial charge on any atom is 0.181 e. The van der Waals surface area contributed by atoms with Crippen LogP contribution in [0, 0.1) is 0 Å². The van der Waals surface area contributed by atoms with Crippen LogP contribution in [0.5, 0.6) is 0 Å². The summed E-state index contributed by atoms with van der Waals surface area (Å²) in [6.45, 7) is 7.57. The van der Waals surface area contributed by atoms with Crippen molar-refractivity contribution in [2.75, 3.05) is 6.54 Å². The molecule has 1 unspecified atom stereocenters. The number of rotatable bonds is 5. The molecule has 19 heavy (non-hydrogen) atoms. The number of hydrogen-bond acceptors (Lipinski definition) is 2. The van der Waals surface area contributed by atoms with Crippen molar-refractivity contribution in [2.45, 2.75) is 33.4 Å². The van der Waals surface area contributed by atoms with Crippen molar-refractivity contribution < 1.29 is 4.79 Å². The van der Waals surface area contributed by atoms with Gasteiger partial charge >= 0.3 is 0 Å². The number of ketones is 1. The zero-order valence-electron chi connectivity index (χ0n) is 11.5. The highest BCUT2D eigenvalue weighted by Gasteiger charge is 2.19. The van der Waals surface area contributed by atoms with E-state index < -0.39 is 0 Å². The summed E-state index contributed by atoms with van der Waals surface area (Å²) in [6, 6.07) is 5.52. The fourth-order valence-corrected chi connectivity index (χ4v) is 2.53. The highest BCUT2D eigenvalue weighted by Crippen LogP contribution is 2.26. The Hall–Kier alpha value is -1.32. The van der Waals surface area contributed by atoms with Crippen LogP contribution in [0.15, 0.2) is 24.4 Å². The van der Waals surface area contributed by atoms with Crippen LogP contribution in [0.2, 0.25) is 5.02 Å². The summed E-state index contributed by atoms with van der Waals surface area (Å²) in [4.78, 5) is 12.5. The molecule has 102 valence electrons. The fraction of sp³-hybridized carbons (Fsp3) is 0.400. The summed E-state index contributed by atoms with van der Waals surface area (Å²) in [7, 11) is 0. The lowest BCUT2D eigenvalue weighted by atomic mass is 10.0. The smallest absolute Gasteiger partial charge is 0.181 e. The van der Waals surface area contributed by atoms with Gasteiger partial charge in [0.05, 0.1) is 6.04 Å². The third-order valence-corrected chi connectivity index (χ3v) is 3.59. The molecule has 0 bridgehead atoms. The Balaban J connectivity index is 2.53. The number of nitrogens with one attached hydrogen (secondary N) is 1. The molecule has 0 amide bonds. The van der Waals surface area contributed by atoms with E-state index in [1.54, 1.807) is 0 Å². The number of aromatic nitrogens is 1. The van der Waals surface area contributed by atoms with Crippen molar-refractivity contribution in [3.8, 4) is 0 Å². The molecule has 0 radical (unpaired) electrons. The Morgan fingerprint density at radius 2 is 2.16 bits per heavy atom. The minimum absolute atomic E-state index is 0.112. The second-order valence-corrected chi connectivity index (χ2v) is 5.07. The summed E-state index contributed by atoms with van der Waals surface area (Å²) in [5.41, 5.74) is 1.80. The molecule has 1 aromatic heterocycles. The minimum Gasteiger partial charge on any atom is -0.347 e. The van der Waals surface area contributed by atoms with Gasteiger partial charge in [0.2, 0.25) is 0 Å². The van der Waals surface area contributed by atoms with Gasteiger partial charge in [-0.2, -0.15) is 0 Å². The fourth-order valence-electron chi connectivity index (χ4n) is 2.36. The van der Waals surface area contributed by atoms with Crippen molar-refractivity contribution in [1.29, 1.82) is 0 Å². The largest absolute Gasteiger partial charge is 0.347 e. The second kappa shape index (κ2) is 5.76. The van der Waals surface area contributed by atoms with E-state index in [1.165, 1.54) is 0 Å². The lowest BCUT2D eigenvalue weighted by molar-refractivity contribution is 0.0953. The molecule has 1 aromatic carbocycles. The summed E-state index contributed by atoms with van der Waals surface area (Å²) >= 11 is 6.05. The third-order valence-electron chi connectivity index (χ3n) is 3.35. The Morgan fingerprint density at radius 1 is 1.42 bits per heavy atom. The Labute approximate surface area is 118 Å². The van der Waals surface area contributed by atoms with Gasteiger partial charge in [-0.25, -0.2) is 0 Å². The Kier molecular flexibility index (Phi) is 4.27. The maximum atomic E-state index is 12.5. The SMILES string of the molecule is CCNC(C)C(=O)c1cn(CC)c2ccc(Cl)cc12. The van der Waals surface area contributed by atoms with Gasteiger partial charge in [0, 0.05) is 34.2 Å². The van der Waals surface area contributed by atoms with Gasteiger partial charge in [-0.3, -0.25) is 4.79 Å². The van der Waals surface area contributed by atoms with Crippen LogP contribution < -0.4 is 5.32 Å². The lowest BCUT2D eigenvalue weighted by Gasteiger charge is -2.10. The van der Waals surface area contributed by atoms with E-state index in [0.717, 1.165) is 29.6 Å². The van der Waals surface area contributed by atoms with Crippen LogP contribution >= 0.6 is 11.6 Å². The average molecular weight is 279 g/mol. The van der Waals surface area contributed by atoms with Gasteiger partial charge in [-0.05, 0) is 38.6 Å². The van der Waals surface area contributed by atoms with Crippen LogP contribution in [-0.4, -0.2) is 22.9 Å². The topological polar surface area (TPSA) is 34.0 Å². The number of fused-ring (bicyclic) bond motifs is 1. The standard InChI is InChI=1S/C15H19ClN2O/c1-4-17-10(3)15(19)13-9-18(5-2)14-7-6-11(16)8-12(13)14/h6-10,17H,4-5H2,1-3H3. The number of halogens is 1. The monoisotopic (exact) mass is 278 g/mol. The molecule has 0 saturated heterocycles. The number of carbonyl (C=O) groups is 1. The average Bonchev–Trinajstić information content (AvgIpc) is 2.76. The van der Waals surface area contributed by atoms with Gasteiger partial charge in [0.25, 0.3) is 0 Å². The molecule has 0 fully saturated rings. The highest BCUT2D eigenvalue weighted by atomic mass is 35.5. The van der Waals surface area contributed by atoms with Crippen molar-refractivity contribution in [3.63, 3.8) is 0 Å². The number of Topliss-reactive ketones (excluding diaryl/α,β-unsaturated/α-hetero) is 1. The van der Waals surface area contributed by atoms with E-state index in [-0.39, 0.29) is 11.8 Å². The molecule has 1 N–H and O–H groups in total. The third kappa shape index (κ3) is 2.67. The molecule has 0 aliphatic rings. The van der Waals surface area contributed by atoms with Crippen LogP contribution in [0.3, 0.4) is 0 Å². The van der Waals surface area contributed by atoms with E-state index in [0.29, 0.717) is 5.02 Å². The molecule has 3 nitrogen and oxygen atoms in total. The molecule has 4 heteroatoms. The van der Waals surface area contributed by atoms with Crippen LogP contribution in [-0.2, 0) is 6.54 Å². The molecular weight excluding hydrogens is 260 g/mol. The number of nitrogens with zero attached hydrogens (tertiary/aromatic N) is 1. The number of hydrogen-bond donors (Lipinski definition) is 1. The molecule has 1 heterocycles. The molecule has 0 saturated carbocycles. The van der Waals surface area contributed by atoms with Gasteiger partial charge < -0.3 is 9.88 Å². The summed E-state index contributed by atoms with van der Waals surface area (Å²) in [5.74, 6) is 0.112. The van der Waals surface area contributed by atoms with Gasteiger partial charge in [-0.15, -0.1) is 0 Å². The first-order chi connectivity index (χ1) is 9.08. The Morgan fingerprint density at radius 3 is 2.79 bits per heavy atom. The minimum atomic E-state index is -0.181. The van der Waals surface area contributed by atoms with E-state index in [4.69, 9.17) is 11.6 Å². The number of benzene rings is 1. The van der Waals surface area contributed by atoms with Crippen molar-refractivity contribution >= 4 is 28.3 Å². The molecule has 0 aliphatic heterocycles. The normalized spacial score (nSPS) is 12.8. The number of likely N-dealkylation sites (N-methyl/N-ethyl adjacent to an activating group) is 1. The van der Waals surface area contributed by atoms with Crippen molar-refractivity contribution in [2.24, 2.45) is 0 Å². The van der Waals surface area contributed by atoms with Crippen molar-refractivity contribution in [3.05, 3.63) is 35.0 Å². The molecule has 0 spiro atoms. The zero-order chi connectivity index (χ0) is 14.0. The van der Waals surface area contributed by atoms with E-state index in [1.807, 2.05) is 38.2 Å². The molecule has 1 atom stereocenters. The van der Waals surface area contributed by atoms with Crippen LogP contribution in [0.1, 0.15) is 31.1 Å². The van der Waals surface area contributed by atoms with Crippen LogP contribution in [0.4, 0.5) is 0 Å². The van der Waals surface area contributed by atoms with Gasteiger partial charge in [0.1, 0.15) is 0 Å². The number of aryl methyl sites for hydroxylation is 1. The molecular formula is C15H19ClN2O. The van der Waals surface area contributed by atoms with E-state index in [2.05, 4.69) is 16.8 Å². The summed E-state index contributed by atoms with van der Waals surface area (Å²) in [5, 5.41) is 4.75. The first-order valence-electron chi connectivity index (χ1n) is 6.64. The molecule has 2 rings (SSSR count). The lowest BCUT2D eigenvalue weighted by Crippen LogP contribution is -2.33. The zero-order valence-corrected chi connectivity index (χ0v) is 12.3. The predicted molar refractivity (Wildman–Crippen MR) is 80.1 cm³/mol. The molecule has 0 aliphatic carbocycles. The first-order valence-corrected chi connectivity index (χ1v) is 7.02. The van der Waals surface area contributed by atoms with E-state index >= 15 is 0 Å². The predicted octanol–water partition coefficient (Wildman–Crippen LogP) is 3.50. The summed E-state index contributed by atoms with van der Waals surface area (Å²) < 4.78 is 2.08. The maximum absolute atomic E-state index is 12.5. The first kappa shape index (κ1) is 14.1. The van der Waals surface area contributed by atoms with E-state index in [9.17, 15) is 4.79 Å². The van der Waals surface area contributed by atoms with Crippen molar-refractivity contribution in [1.82, 2.24) is 9.88 Å².